The quantitative estimate of drug-likeness (QED) is 0.724. The lowest BCUT2D eigenvalue weighted by Crippen LogP contribution is -2.08. The van der Waals surface area contributed by atoms with Gasteiger partial charge in [0.1, 0.15) is 5.75 Å². The third-order valence-corrected chi connectivity index (χ3v) is 2.66. The van der Waals surface area contributed by atoms with Crippen LogP contribution >= 0.6 is 0 Å². The highest BCUT2D eigenvalue weighted by molar-refractivity contribution is 5.97. The Balaban J connectivity index is 3.14. The summed E-state index contributed by atoms with van der Waals surface area (Å²) in [6.07, 6.45) is 0. The summed E-state index contributed by atoms with van der Waals surface area (Å²) in [5.41, 5.74) is 1.87. The Morgan fingerprint density at radius 1 is 1.19 bits per heavy atom. The number of carbonyl (C=O) groups excluding carboxylic acids is 1. The van der Waals surface area contributed by atoms with Gasteiger partial charge in [0.05, 0.1) is 7.11 Å². The van der Waals surface area contributed by atoms with E-state index in [-0.39, 0.29) is 11.7 Å². The fraction of sp³-hybridized carbons (Fsp3) is 0.500. The number of Topliss-reactive ketones (excluding diaryl/α,β-unsaturated/α-hetero) is 1. The monoisotopic (exact) mass is 220 g/mol. The first-order valence-corrected chi connectivity index (χ1v) is 5.69. The Bertz CT molecular complexity index is 378. The van der Waals surface area contributed by atoms with Gasteiger partial charge in [-0.15, -0.1) is 0 Å². The van der Waals surface area contributed by atoms with Gasteiger partial charge in [0, 0.05) is 11.5 Å². The second-order valence-corrected chi connectivity index (χ2v) is 4.63. The molecule has 0 aliphatic heterocycles. The van der Waals surface area contributed by atoms with Gasteiger partial charge in [0.15, 0.2) is 5.78 Å². The Morgan fingerprint density at radius 3 is 2.25 bits per heavy atom. The lowest BCUT2D eigenvalue weighted by Gasteiger charge is -2.13. The van der Waals surface area contributed by atoms with E-state index in [4.69, 9.17) is 4.74 Å². The minimum atomic E-state index is 0.0228. The molecule has 0 amide bonds. The number of benzene rings is 1. The van der Waals surface area contributed by atoms with E-state index >= 15 is 0 Å². The largest absolute Gasteiger partial charge is 0.496 e. The Kier molecular flexibility index (Phi) is 4.11. The number of carbonyl (C=O) groups is 1. The molecule has 16 heavy (non-hydrogen) atoms. The Hall–Kier alpha value is -1.31. The van der Waals surface area contributed by atoms with E-state index in [1.807, 2.05) is 32.0 Å². The average molecular weight is 220 g/mol. The van der Waals surface area contributed by atoms with Crippen molar-refractivity contribution >= 4 is 5.78 Å². The zero-order chi connectivity index (χ0) is 12.3. The highest BCUT2D eigenvalue weighted by atomic mass is 16.5. The number of ether oxygens (including phenoxy) is 1. The zero-order valence-electron chi connectivity index (χ0n) is 10.7. The molecule has 0 heterocycles. The summed E-state index contributed by atoms with van der Waals surface area (Å²) in [5.74, 6) is 1.39. The molecule has 0 unspecified atom stereocenters. The van der Waals surface area contributed by atoms with Crippen molar-refractivity contribution in [3.8, 4) is 5.75 Å². The van der Waals surface area contributed by atoms with Crippen LogP contribution in [0, 0.1) is 5.92 Å². The third kappa shape index (κ3) is 2.63. The summed E-state index contributed by atoms with van der Waals surface area (Å²) in [6, 6.07) is 5.72. The van der Waals surface area contributed by atoms with Crippen LogP contribution in [0.5, 0.6) is 5.75 Å². The summed E-state index contributed by atoms with van der Waals surface area (Å²) in [4.78, 5) is 11.8. The minimum Gasteiger partial charge on any atom is -0.496 e. The number of ketones is 1. The van der Waals surface area contributed by atoms with Crippen LogP contribution in [0.3, 0.4) is 0 Å². The van der Waals surface area contributed by atoms with Crippen molar-refractivity contribution in [3.63, 3.8) is 0 Å². The van der Waals surface area contributed by atoms with Crippen molar-refractivity contribution in [2.45, 2.75) is 33.6 Å². The molecule has 0 aliphatic rings. The van der Waals surface area contributed by atoms with Crippen LogP contribution in [0.2, 0.25) is 0 Å². The van der Waals surface area contributed by atoms with Gasteiger partial charge in [-0.3, -0.25) is 4.79 Å². The molecule has 0 atom stereocenters. The van der Waals surface area contributed by atoms with E-state index < -0.39 is 0 Å². The second kappa shape index (κ2) is 5.15. The second-order valence-electron chi connectivity index (χ2n) is 4.63. The summed E-state index contributed by atoms with van der Waals surface area (Å²) >= 11 is 0. The highest BCUT2D eigenvalue weighted by Gasteiger charge is 2.14. The summed E-state index contributed by atoms with van der Waals surface area (Å²) in [7, 11) is 1.64. The van der Waals surface area contributed by atoms with Crippen molar-refractivity contribution in [2.75, 3.05) is 7.11 Å². The van der Waals surface area contributed by atoms with Crippen LogP contribution in [-0.2, 0) is 0 Å². The molecule has 0 saturated heterocycles. The van der Waals surface area contributed by atoms with Gasteiger partial charge in [0.25, 0.3) is 0 Å². The van der Waals surface area contributed by atoms with Crippen LogP contribution in [0.25, 0.3) is 0 Å². The smallest absolute Gasteiger partial charge is 0.165 e. The molecule has 88 valence electrons. The van der Waals surface area contributed by atoms with Crippen molar-refractivity contribution in [2.24, 2.45) is 5.92 Å². The van der Waals surface area contributed by atoms with E-state index in [0.717, 1.165) is 16.9 Å². The summed E-state index contributed by atoms with van der Waals surface area (Å²) in [6.45, 7) is 8.04. The molecule has 0 saturated carbocycles. The lowest BCUT2D eigenvalue weighted by atomic mass is 9.96. The molecule has 0 fully saturated rings. The predicted octanol–water partition coefficient (Wildman–Crippen LogP) is 3.66. The van der Waals surface area contributed by atoms with Gasteiger partial charge < -0.3 is 4.74 Å². The van der Waals surface area contributed by atoms with E-state index in [9.17, 15) is 4.79 Å². The molecule has 1 aromatic carbocycles. The van der Waals surface area contributed by atoms with Crippen molar-refractivity contribution in [3.05, 3.63) is 29.3 Å². The molecule has 1 aromatic rings. The molecular weight excluding hydrogens is 200 g/mol. The first-order chi connectivity index (χ1) is 7.47. The summed E-state index contributed by atoms with van der Waals surface area (Å²) < 4.78 is 5.32. The maximum atomic E-state index is 11.8. The number of hydrogen-bond acceptors (Lipinski definition) is 2. The molecule has 0 spiro atoms. The Morgan fingerprint density at radius 2 is 1.81 bits per heavy atom. The molecule has 0 bridgehead atoms. The Labute approximate surface area is 97.6 Å². The lowest BCUT2D eigenvalue weighted by molar-refractivity contribution is 0.0939. The van der Waals surface area contributed by atoms with Crippen LogP contribution < -0.4 is 4.74 Å². The molecule has 0 aromatic heterocycles. The van der Waals surface area contributed by atoms with E-state index in [1.165, 1.54) is 0 Å². The van der Waals surface area contributed by atoms with Crippen molar-refractivity contribution in [1.29, 1.82) is 0 Å². The van der Waals surface area contributed by atoms with Gasteiger partial charge in [-0.05, 0) is 17.5 Å². The number of hydrogen-bond donors (Lipinski definition) is 0. The van der Waals surface area contributed by atoms with Crippen LogP contribution in [0.1, 0.15) is 49.5 Å². The molecule has 0 aliphatic carbocycles. The van der Waals surface area contributed by atoms with E-state index in [0.29, 0.717) is 5.92 Å². The normalized spacial score (nSPS) is 10.9. The molecule has 2 heteroatoms. The minimum absolute atomic E-state index is 0.0228. The van der Waals surface area contributed by atoms with Crippen molar-refractivity contribution < 1.29 is 9.53 Å². The standard InChI is InChI=1S/C14H20O2/c1-9(2)12-7-6-11(8-13(12)16-5)14(15)10(3)4/h6-10H,1-5H3. The van der Waals surface area contributed by atoms with Gasteiger partial charge in [-0.25, -0.2) is 0 Å². The molecule has 0 N–H and O–H groups in total. The molecule has 2 nitrogen and oxygen atoms in total. The zero-order valence-corrected chi connectivity index (χ0v) is 10.7. The first-order valence-electron chi connectivity index (χ1n) is 5.69. The van der Waals surface area contributed by atoms with Crippen LogP contribution in [-0.4, -0.2) is 12.9 Å². The molecular formula is C14H20O2. The number of methoxy groups -OCH3 is 1. The predicted molar refractivity (Wildman–Crippen MR) is 66.3 cm³/mol. The maximum Gasteiger partial charge on any atom is 0.165 e. The maximum absolute atomic E-state index is 11.8. The molecule has 1 rings (SSSR count). The topological polar surface area (TPSA) is 26.3 Å². The van der Waals surface area contributed by atoms with Crippen molar-refractivity contribution in [1.82, 2.24) is 0 Å². The highest BCUT2D eigenvalue weighted by Crippen LogP contribution is 2.28. The van der Waals surface area contributed by atoms with E-state index in [1.54, 1.807) is 7.11 Å². The first kappa shape index (κ1) is 12.8. The molecule has 0 radical (unpaired) electrons. The SMILES string of the molecule is COc1cc(C(=O)C(C)C)ccc1C(C)C. The van der Waals surface area contributed by atoms with Gasteiger partial charge in [-0.1, -0.05) is 39.8 Å². The van der Waals surface area contributed by atoms with Gasteiger partial charge in [0.2, 0.25) is 0 Å². The van der Waals surface area contributed by atoms with Gasteiger partial charge >= 0.3 is 0 Å². The van der Waals surface area contributed by atoms with Crippen LogP contribution in [0.4, 0.5) is 0 Å². The number of rotatable bonds is 4. The van der Waals surface area contributed by atoms with Gasteiger partial charge in [-0.2, -0.15) is 0 Å². The fourth-order valence-corrected chi connectivity index (χ4v) is 1.67. The van der Waals surface area contributed by atoms with Crippen LogP contribution in [0.15, 0.2) is 18.2 Å². The third-order valence-electron chi connectivity index (χ3n) is 2.66. The fourth-order valence-electron chi connectivity index (χ4n) is 1.67. The average Bonchev–Trinajstić information content (AvgIpc) is 2.26. The van der Waals surface area contributed by atoms with E-state index in [2.05, 4.69) is 13.8 Å². The summed E-state index contributed by atoms with van der Waals surface area (Å²) in [5, 5.41) is 0.